The lowest BCUT2D eigenvalue weighted by molar-refractivity contribution is 0.0988. The van der Waals surface area contributed by atoms with Crippen LogP contribution in [0.15, 0.2) is 41.8 Å². The number of thioether (sulfide) groups is 1. The highest BCUT2D eigenvalue weighted by Gasteiger charge is 2.21. The molecule has 4 nitrogen and oxygen atoms in total. The first-order chi connectivity index (χ1) is 8.72. The Kier molecular flexibility index (Phi) is 4.15. The molecule has 0 spiro atoms. The largest absolute Gasteiger partial charge is 0.312 e. The minimum atomic E-state index is -0.115. The van der Waals surface area contributed by atoms with Gasteiger partial charge in [0.1, 0.15) is 6.33 Å². The van der Waals surface area contributed by atoms with Crippen molar-refractivity contribution in [2.45, 2.75) is 23.8 Å². The van der Waals surface area contributed by atoms with Gasteiger partial charge in [-0.1, -0.05) is 49.0 Å². The highest BCUT2D eigenvalue weighted by atomic mass is 32.2. The molecule has 1 unspecified atom stereocenters. The summed E-state index contributed by atoms with van der Waals surface area (Å²) in [7, 11) is 1.88. The lowest BCUT2D eigenvalue weighted by Crippen LogP contribution is -2.17. The number of Topliss-reactive ketones (excluding diaryl/α,β-unsaturated/α-hetero) is 1. The van der Waals surface area contributed by atoms with Gasteiger partial charge in [-0.25, -0.2) is 0 Å². The lowest BCUT2D eigenvalue weighted by Gasteiger charge is -2.12. The summed E-state index contributed by atoms with van der Waals surface area (Å²) >= 11 is 1.46. The van der Waals surface area contributed by atoms with Gasteiger partial charge in [-0.15, -0.1) is 10.2 Å². The van der Waals surface area contributed by atoms with Crippen molar-refractivity contribution in [1.82, 2.24) is 14.8 Å². The van der Waals surface area contributed by atoms with Gasteiger partial charge in [-0.3, -0.25) is 4.79 Å². The van der Waals surface area contributed by atoms with Crippen molar-refractivity contribution in [2.75, 3.05) is 0 Å². The summed E-state index contributed by atoms with van der Waals surface area (Å²) in [5.74, 6) is 0.145. The van der Waals surface area contributed by atoms with Crippen molar-refractivity contribution >= 4 is 17.5 Å². The first-order valence-electron chi connectivity index (χ1n) is 5.82. The molecule has 0 N–H and O–H groups in total. The number of aromatic nitrogens is 3. The Bertz CT molecular complexity index is 524. The zero-order valence-corrected chi connectivity index (χ0v) is 11.2. The minimum Gasteiger partial charge on any atom is -0.312 e. The fourth-order valence-electron chi connectivity index (χ4n) is 1.62. The predicted octanol–water partition coefficient (Wildman–Crippen LogP) is 2.57. The van der Waals surface area contributed by atoms with Crippen molar-refractivity contribution in [3.05, 3.63) is 42.2 Å². The Balaban J connectivity index is 2.15. The van der Waals surface area contributed by atoms with Crippen molar-refractivity contribution < 1.29 is 4.79 Å². The number of rotatable bonds is 5. The van der Waals surface area contributed by atoms with Crippen LogP contribution in [0.3, 0.4) is 0 Å². The van der Waals surface area contributed by atoms with E-state index in [9.17, 15) is 4.79 Å². The maximum atomic E-state index is 12.3. The van der Waals surface area contributed by atoms with Crippen LogP contribution in [0.5, 0.6) is 0 Å². The number of hydrogen-bond donors (Lipinski definition) is 0. The summed E-state index contributed by atoms with van der Waals surface area (Å²) in [5, 5.41) is 8.48. The molecule has 0 aliphatic heterocycles. The maximum Gasteiger partial charge on any atom is 0.191 e. The van der Waals surface area contributed by atoms with E-state index < -0.39 is 0 Å². The second kappa shape index (κ2) is 5.82. The van der Waals surface area contributed by atoms with Crippen molar-refractivity contribution in [3.63, 3.8) is 0 Å². The molecular formula is C13H15N3OS. The monoisotopic (exact) mass is 261 g/mol. The molecule has 0 radical (unpaired) electrons. The van der Waals surface area contributed by atoms with Crippen molar-refractivity contribution in [2.24, 2.45) is 7.05 Å². The molecule has 0 bridgehead atoms. The molecule has 2 aromatic rings. The molecule has 18 heavy (non-hydrogen) atoms. The van der Waals surface area contributed by atoms with Crippen LogP contribution in [0.25, 0.3) is 0 Å². The van der Waals surface area contributed by atoms with Gasteiger partial charge >= 0.3 is 0 Å². The summed E-state index contributed by atoms with van der Waals surface area (Å²) in [5.41, 5.74) is 0.749. The number of carbonyl (C=O) groups excluding carboxylic acids is 1. The third-order valence-corrected chi connectivity index (χ3v) is 4.05. The highest BCUT2D eigenvalue weighted by molar-refractivity contribution is 8.00. The Labute approximate surface area is 110 Å². The molecule has 1 atom stereocenters. The zero-order chi connectivity index (χ0) is 13.0. The number of ketones is 1. The molecule has 94 valence electrons. The number of aryl methyl sites for hydroxylation is 1. The summed E-state index contributed by atoms with van der Waals surface area (Å²) in [6, 6.07) is 9.37. The zero-order valence-electron chi connectivity index (χ0n) is 10.4. The standard InChI is InChI=1S/C13H15N3OS/c1-3-11(18-13-15-14-9-16(13)2)12(17)10-7-5-4-6-8-10/h4-9,11H,3H2,1-2H3. The maximum absolute atomic E-state index is 12.3. The number of hydrogen-bond acceptors (Lipinski definition) is 4. The van der Waals surface area contributed by atoms with Gasteiger partial charge in [0.2, 0.25) is 0 Å². The average molecular weight is 261 g/mol. The first kappa shape index (κ1) is 12.8. The van der Waals surface area contributed by atoms with E-state index in [-0.39, 0.29) is 11.0 Å². The molecule has 0 saturated carbocycles. The van der Waals surface area contributed by atoms with Gasteiger partial charge in [0, 0.05) is 12.6 Å². The molecule has 0 fully saturated rings. The first-order valence-corrected chi connectivity index (χ1v) is 6.70. The fraction of sp³-hybridized carbons (Fsp3) is 0.308. The summed E-state index contributed by atoms with van der Waals surface area (Å²) in [6.07, 6.45) is 2.41. The summed E-state index contributed by atoms with van der Waals surface area (Å²) in [6.45, 7) is 2.01. The second-order valence-corrected chi connectivity index (χ2v) is 5.14. The van der Waals surface area contributed by atoms with Gasteiger partial charge in [0.15, 0.2) is 10.9 Å². The highest BCUT2D eigenvalue weighted by Crippen LogP contribution is 2.25. The number of carbonyl (C=O) groups is 1. The smallest absolute Gasteiger partial charge is 0.191 e. The Morgan fingerprint density at radius 2 is 2.11 bits per heavy atom. The SMILES string of the molecule is CCC(Sc1nncn1C)C(=O)c1ccccc1. The van der Waals surface area contributed by atoms with Crippen LogP contribution in [0.1, 0.15) is 23.7 Å². The van der Waals surface area contributed by atoms with Gasteiger partial charge in [-0.05, 0) is 6.42 Å². The van der Waals surface area contributed by atoms with Gasteiger partial charge in [0.05, 0.1) is 5.25 Å². The fourth-order valence-corrected chi connectivity index (χ4v) is 2.59. The Morgan fingerprint density at radius 3 is 2.67 bits per heavy atom. The Morgan fingerprint density at radius 1 is 1.39 bits per heavy atom. The van der Waals surface area contributed by atoms with E-state index in [1.165, 1.54) is 11.8 Å². The van der Waals surface area contributed by atoms with Crippen LogP contribution in [0.4, 0.5) is 0 Å². The summed E-state index contributed by atoms with van der Waals surface area (Å²) < 4.78 is 1.82. The minimum absolute atomic E-state index is 0.115. The van der Waals surface area contributed by atoms with Crippen LogP contribution >= 0.6 is 11.8 Å². The Hall–Kier alpha value is -1.62. The van der Waals surface area contributed by atoms with Gasteiger partial charge in [-0.2, -0.15) is 0 Å². The topological polar surface area (TPSA) is 47.8 Å². The molecule has 2 rings (SSSR count). The van der Waals surface area contributed by atoms with E-state index in [2.05, 4.69) is 10.2 Å². The molecule has 0 saturated heterocycles. The third-order valence-electron chi connectivity index (χ3n) is 2.64. The van der Waals surface area contributed by atoms with Crippen molar-refractivity contribution in [1.29, 1.82) is 0 Å². The van der Waals surface area contributed by atoms with E-state index in [0.29, 0.717) is 0 Å². The summed E-state index contributed by atoms with van der Waals surface area (Å²) in [4.78, 5) is 12.3. The van der Waals surface area contributed by atoms with E-state index in [4.69, 9.17) is 0 Å². The third kappa shape index (κ3) is 2.79. The van der Waals surface area contributed by atoms with Crippen LogP contribution in [0.2, 0.25) is 0 Å². The van der Waals surface area contributed by atoms with Crippen molar-refractivity contribution in [3.8, 4) is 0 Å². The van der Waals surface area contributed by atoms with Crippen LogP contribution in [-0.4, -0.2) is 25.8 Å². The van der Waals surface area contributed by atoms with Crippen LogP contribution in [-0.2, 0) is 7.05 Å². The molecule has 0 aliphatic rings. The second-order valence-electron chi connectivity index (χ2n) is 3.97. The molecule has 0 amide bonds. The van der Waals surface area contributed by atoms with Gasteiger partial charge in [0.25, 0.3) is 0 Å². The molecule has 1 aromatic carbocycles. The van der Waals surface area contributed by atoms with Gasteiger partial charge < -0.3 is 4.57 Å². The predicted molar refractivity (Wildman–Crippen MR) is 71.7 cm³/mol. The molecular weight excluding hydrogens is 246 g/mol. The molecule has 1 heterocycles. The van der Waals surface area contributed by atoms with Crippen LogP contribution in [0, 0.1) is 0 Å². The lowest BCUT2D eigenvalue weighted by atomic mass is 10.1. The van der Waals surface area contributed by atoms with E-state index in [1.807, 2.05) is 48.9 Å². The van der Waals surface area contributed by atoms with E-state index in [0.717, 1.165) is 17.1 Å². The van der Waals surface area contributed by atoms with Crippen LogP contribution < -0.4 is 0 Å². The van der Waals surface area contributed by atoms with E-state index >= 15 is 0 Å². The van der Waals surface area contributed by atoms with E-state index in [1.54, 1.807) is 6.33 Å². The average Bonchev–Trinajstić information content (AvgIpc) is 2.81. The normalized spacial score (nSPS) is 12.3. The molecule has 0 aliphatic carbocycles. The number of benzene rings is 1. The number of nitrogens with zero attached hydrogens (tertiary/aromatic N) is 3. The molecule has 5 heteroatoms. The molecule has 1 aromatic heterocycles. The quantitative estimate of drug-likeness (QED) is 0.613.